The molecule has 10 atom stereocenters. The number of ether oxygens (including phenoxy) is 2. The first kappa shape index (κ1) is 57.8. The molecule has 0 spiro atoms. The lowest BCUT2D eigenvalue weighted by Gasteiger charge is -2.33. The number of halogens is 2. The number of nitrogens with one attached hydrogen (secondary N) is 4. The van der Waals surface area contributed by atoms with E-state index in [2.05, 4.69) is 57.4 Å². The molecule has 0 saturated carbocycles. The standard InChI is InChI=1S/C54H74N6O8.2ClH/c1-7-35(2)50(62)57-48(54(66)60-31-19-29-46(60)52(64)56-44-27-17-23-40-21-11-13-26-43(40)44)37(4)67-32-14-8-9-15-33-68-38(5)49(58-51(63)36(3)55-6)53(65)59-30-18-28-45(59)47(61)34-41-24-16-22-39-20-10-12-25-42(39)41;;/h8,10-14,20-21,25-26,35-38,41,44-46,48-49,55H,7,16-19,22-24,27-34H2,1-6H3,(H,56,64)(H,57,62)(H,58,63);2*1H/t35-,36+,37-,38-,41+,44-,45+,46+,48+,49+;;/m1../s1. The van der Waals surface area contributed by atoms with E-state index in [1.807, 2.05) is 38.1 Å². The number of amides is 5. The smallest absolute Gasteiger partial charge is 0.248 e. The van der Waals surface area contributed by atoms with Gasteiger partial charge in [-0.1, -0.05) is 80.3 Å². The van der Waals surface area contributed by atoms with Gasteiger partial charge in [0.2, 0.25) is 29.5 Å². The van der Waals surface area contributed by atoms with Gasteiger partial charge in [0, 0.05) is 25.4 Å². The molecule has 70 heavy (non-hydrogen) atoms. The second-order valence-electron chi connectivity index (χ2n) is 19.1. The number of aryl methyl sites for hydroxylation is 2. The first-order chi connectivity index (χ1) is 32.8. The molecule has 6 rings (SSSR count). The van der Waals surface area contributed by atoms with Gasteiger partial charge in [0.15, 0.2) is 5.78 Å². The van der Waals surface area contributed by atoms with Gasteiger partial charge in [0.25, 0.3) is 0 Å². The molecule has 2 aromatic carbocycles. The van der Waals surface area contributed by atoms with Crippen LogP contribution in [0.4, 0.5) is 0 Å². The Balaban J connectivity index is 0.00000533. The van der Waals surface area contributed by atoms with E-state index < -0.39 is 42.4 Å². The largest absolute Gasteiger partial charge is 0.372 e. The number of fused-ring (bicyclic) bond motifs is 2. The molecule has 4 aliphatic rings. The lowest BCUT2D eigenvalue weighted by molar-refractivity contribution is -0.145. The van der Waals surface area contributed by atoms with Crippen molar-refractivity contribution in [1.29, 1.82) is 0 Å². The minimum atomic E-state index is -1.04. The molecule has 0 unspecified atom stereocenters. The van der Waals surface area contributed by atoms with Gasteiger partial charge in [-0.15, -0.1) is 24.8 Å². The first-order valence-electron chi connectivity index (χ1n) is 25.1. The van der Waals surface area contributed by atoms with Crippen LogP contribution in [-0.4, -0.2) is 121 Å². The molecule has 2 heterocycles. The fourth-order valence-electron chi connectivity index (χ4n) is 10.1. The number of allylic oxidation sites excluding steroid dienone is 1. The van der Waals surface area contributed by atoms with Gasteiger partial charge in [-0.25, -0.2) is 0 Å². The molecule has 0 aromatic heterocycles. The summed E-state index contributed by atoms with van der Waals surface area (Å²) in [5.41, 5.74) is 4.89. The number of carbonyl (C=O) groups excluding carboxylic acids is 6. The maximum Gasteiger partial charge on any atom is 0.248 e. The Labute approximate surface area is 427 Å². The van der Waals surface area contributed by atoms with Gasteiger partial charge in [0.05, 0.1) is 36.9 Å². The van der Waals surface area contributed by atoms with Gasteiger partial charge in [-0.2, -0.15) is 0 Å². The van der Waals surface area contributed by atoms with Crippen molar-refractivity contribution in [2.75, 3.05) is 33.4 Å². The van der Waals surface area contributed by atoms with Crippen LogP contribution in [0.15, 0.2) is 60.7 Å². The van der Waals surface area contributed by atoms with E-state index >= 15 is 0 Å². The fourth-order valence-corrected chi connectivity index (χ4v) is 10.1. The molecule has 5 amide bonds. The van der Waals surface area contributed by atoms with Crippen molar-refractivity contribution in [3.05, 3.63) is 82.9 Å². The summed E-state index contributed by atoms with van der Waals surface area (Å²) in [5, 5.41) is 12.0. The fraction of sp³-hybridized carbons (Fsp3) is 0.593. The van der Waals surface area contributed by atoms with Crippen molar-refractivity contribution in [3.8, 4) is 11.8 Å². The zero-order valence-electron chi connectivity index (χ0n) is 41.8. The van der Waals surface area contributed by atoms with Crippen molar-refractivity contribution < 1.29 is 38.2 Å². The van der Waals surface area contributed by atoms with Gasteiger partial charge >= 0.3 is 0 Å². The number of carbonyl (C=O) groups is 6. The Morgan fingerprint density at radius 3 is 1.96 bits per heavy atom. The topological polar surface area (TPSA) is 175 Å². The van der Waals surface area contributed by atoms with E-state index in [0.29, 0.717) is 51.6 Å². The molecule has 384 valence electrons. The normalized spacial score (nSPS) is 22.0. The molecule has 4 N–H and O–H groups in total. The predicted octanol–water partition coefficient (Wildman–Crippen LogP) is 6.08. The molecule has 2 fully saturated rings. The van der Waals surface area contributed by atoms with E-state index in [1.165, 1.54) is 16.7 Å². The zero-order valence-corrected chi connectivity index (χ0v) is 43.5. The Hall–Kier alpha value is -4.78. The summed E-state index contributed by atoms with van der Waals surface area (Å²) in [4.78, 5) is 85.7. The molecule has 2 aliphatic carbocycles. The number of hydrogen-bond donors (Lipinski definition) is 4. The maximum absolute atomic E-state index is 14.3. The summed E-state index contributed by atoms with van der Waals surface area (Å²) >= 11 is 0. The van der Waals surface area contributed by atoms with Crippen molar-refractivity contribution in [2.45, 2.75) is 166 Å². The number of hydrogen-bond acceptors (Lipinski definition) is 9. The lowest BCUT2D eigenvalue weighted by Crippen LogP contribution is -2.58. The summed E-state index contributed by atoms with van der Waals surface area (Å²) in [5.74, 6) is 4.22. The van der Waals surface area contributed by atoms with Gasteiger partial charge in [-0.05, 0) is 133 Å². The van der Waals surface area contributed by atoms with E-state index in [4.69, 9.17) is 9.47 Å². The second-order valence-corrected chi connectivity index (χ2v) is 19.1. The van der Waals surface area contributed by atoms with Crippen LogP contribution in [0.3, 0.4) is 0 Å². The maximum atomic E-state index is 14.3. The number of likely N-dealkylation sites (N-methyl/N-ethyl adjacent to an activating group) is 1. The SMILES string of the molecule is CC[C@@H](C)C(=O)N[C@H](C(=O)N1CCC[C@H]1C(=O)N[C@@H]1CCCc2ccccc21)[C@@H](C)OCC=CC#CCO[C@H](C)[C@H](NC(=O)[C@H](C)NC)C(=O)N1CCC[C@H]1C(=O)C[C@@H]1CCCc2ccccc21.Cl.Cl. The van der Waals surface area contributed by atoms with Crippen LogP contribution >= 0.6 is 24.8 Å². The van der Waals surface area contributed by atoms with Crippen LogP contribution in [0.2, 0.25) is 0 Å². The van der Waals surface area contributed by atoms with Gasteiger partial charge in [0.1, 0.15) is 24.7 Å². The summed E-state index contributed by atoms with van der Waals surface area (Å²) in [6.07, 6.45) is 11.1. The van der Waals surface area contributed by atoms with Crippen LogP contribution in [0.25, 0.3) is 0 Å². The Kier molecular flexibility index (Phi) is 23.4. The van der Waals surface area contributed by atoms with Crippen LogP contribution in [0.5, 0.6) is 0 Å². The summed E-state index contributed by atoms with van der Waals surface area (Å²) in [7, 11) is 1.67. The van der Waals surface area contributed by atoms with E-state index in [-0.39, 0.29) is 91.2 Å². The molecular formula is C54H76Cl2N6O8. The zero-order chi connectivity index (χ0) is 48.7. The molecule has 14 nitrogen and oxygen atoms in total. The second kappa shape index (κ2) is 28.3. The average Bonchev–Trinajstić information content (AvgIpc) is 4.06. The number of likely N-dealkylation sites (tertiary alicyclic amines) is 2. The van der Waals surface area contributed by atoms with Crippen LogP contribution in [0, 0.1) is 17.8 Å². The van der Waals surface area contributed by atoms with E-state index in [1.54, 1.807) is 49.8 Å². The Morgan fingerprint density at radius 2 is 1.30 bits per heavy atom. The minimum absolute atomic E-state index is 0. The molecule has 2 aliphatic heterocycles. The number of Topliss-reactive ketones (excluding diaryl/α,β-unsaturated/α-hetero) is 1. The summed E-state index contributed by atoms with van der Waals surface area (Å²) in [6, 6.07) is 12.6. The molecular weight excluding hydrogens is 932 g/mol. The number of nitrogens with zero attached hydrogens (tertiary/aromatic N) is 2. The highest BCUT2D eigenvalue weighted by Gasteiger charge is 2.42. The van der Waals surface area contributed by atoms with Crippen LogP contribution in [-0.2, 0) is 51.1 Å². The predicted molar refractivity (Wildman–Crippen MR) is 276 cm³/mol. The summed E-state index contributed by atoms with van der Waals surface area (Å²) in [6.45, 7) is 9.77. The van der Waals surface area contributed by atoms with Crippen LogP contribution < -0.4 is 21.3 Å². The van der Waals surface area contributed by atoms with Gasteiger partial charge in [-0.3, -0.25) is 28.8 Å². The number of ketones is 1. The third kappa shape index (κ3) is 14.9. The minimum Gasteiger partial charge on any atom is -0.372 e. The van der Waals surface area contributed by atoms with E-state index in [9.17, 15) is 28.8 Å². The van der Waals surface area contributed by atoms with Crippen molar-refractivity contribution in [2.24, 2.45) is 5.92 Å². The van der Waals surface area contributed by atoms with Gasteiger partial charge < -0.3 is 40.5 Å². The Morgan fingerprint density at radius 1 is 0.729 bits per heavy atom. The quantitative estimate of drug-likeness (QED) is 0.115. The van der Waals surface area contributed by atoms with Crippen molar-refractivity contribution in [1.82, 2.24) is 31.1 Å². The number of benzene rings is 2. The lowest BCUT2D eigenvalue weighted by atomic mass is 9.79. The highest BCUT2D eigenvalue weighted by Crippen LogP contribution is 2.36. The molecule has 0 radical (unpaired) electrons. The molecule has 0 bridgehead atoms. The average molecular weight is 1010 g/mol. The van der Waals surface area contributed by atoms with Crippen LogP contribution in [0.1, 0.15) is 133 Å². The highest BCUT2D eigenvalue weighted by molar-refractivity contribution is 5.95. The first-order valence-corrected chi connectivity index (χ1v) is 25.1. The van der Waals surface area contributed by atoms with Crippen molar-refractivity contribution in [3.63, 3.8) is 0 Å². The third-order valence-electron chi connectivity index (χ3n) is 14.5. The monoisotopic (exact) mass is 1010 g/mol. The highest BCUT2D eigenvalue weighted by atomic mass is 35.5. The summed E-state index contributed by atoms with van der Waals surface area (Å²) < 4.78 is 12.1. The van der Waals surface area contributed by atoms with E-state index in [0.717, 1.165) is 44.1 Å². The molecule has 2 saturated heterocycles. The molecule has 16 heteroatoms. The third-order valence-corrected chi connectivity index (χ3v) is 14.5. The van der Waals surface area contributed by atoms with Crippen molar-refractivity contribution >= 4 is 60.1 Å². The number of rotatable bonds is 20. The Bertz CT molecular complexity index is 2200. The molecule has 2 aromatic rings.